The van der Waals surface area contributed by atoms with Crippen LogP contribution in [0, 0.1) is 12.7 Å². The van der Waals surface area contributed by atoms with Crippen LogP contribution in [0.1, 0.15) is 30.0 Å². The first-order chi connectivity index (χ1) is 10.2. The SMILES string of the molecule is C=Cc1ccc2c(ccc3cc(F)c(C)cc32)c1CCC. The molecule has 3 aromatic rings. The number of fused-ring (bicyclic) bond motifs is 3. The van der Waals surface area contributed by atoms with Crippen LogP contribution >= 0.6 is 0 Å². The van der Waals surface area contributed by atoms with Gasteiger partial charge in [0.1, 0.15) is 5.82 Å². The molecule has 0 saturated heterocycles. The van der Waals surface area contributed by atoms with E-state index in [-0.39, 0.29) is 5.82 Å². The van der Waals surface area contributed by atoms with Crippen LogP contribution in [-0.4, -0.2) is 0 Å². The van der Waals surface area contributed by atoms with E-state index in [9.17, 15) is 4.39 Å². The van der Waals surface area contributed by atoms with Gasteiger partial charge in [0.15, 0.2) is 0 Å². The van der Waals surface area contributed by atoms with Crippen LogP contribution in [-0.2, 0) is 6.42 Å². The van der Waals surface area contributed by atoms with Gasteiger partial charge in [-0.15, -0.1) is 0 Å². The third-order valence-corrected chi connectivity index (χ3v) is 4.16. The maximum atomic E-state index is 13.8. The second-order valence-electron chi connectivity index (χ2n) is 5.57. The van der Waals surface area contributed by atoms with Gasteiger partial charge in [0.05, 0.1) is 0 Å². The highest BCUT2D eigenvalue weighted by molar-refractivity contribution is 6.09. The van der Waals surface area contributed by atoms with Crippen LogP contribution in [0.25, 0.3) is 27.6 Å². The molecule has 0 saturated carbocycles. The lowest BCUT2D eigenvalue weighted by molar-refractivity contribution is 0.620. The van der Waals surface area contributed by atoms with E-state index in [4.69, 9.17) is 0 Å². The van der Waals surface area contributed by atoms with E-state index in [1.165, 1.54) is 21.9 Å². The van der Waals surface area contributed by atoms with Crippen molar-refractivity contribution in [3.63, 3.8) is 0 Å². The minimum atomic E-state index is -0.140. The Morgan fingerprint density at radius 1 is 1.05 bits per heavy atom. The van der Waals surface area contributed by atoms with Crippen molar-refractivity contribution in [2.24, 2.45) is 0 Å². The molecule has 3 aromatic carbocycles. The molecule has 0 aliphatic rings. The van der Waals surface area contributed by atoms with Crippen molar-refractivity contribution in [1.29, 1.82) is 0 Å². The molecule has 0 atom stereocenters. The lowest BCUT2D eigenvalue weighted by Crippen LogP contribution is -1.92. The third-order valence-electron chi connectivity index (χ3n) is 4.16. The fourth-order valence-corrected chi connectivity index (χ4v) is 3.07. The van der Waals surface area contributed by atoms with Gasteiger partial charge in [-0.2, -0.15) is 0 Å². The molecule has 0 spiro atoms. The Labute approximate surface area is 124 Å². The van der Waals surface area contributed by atoms with Crippen LogP contribution in [0.5, 0.6) is 0 Å². The summed E-state index contributed by atoms with van der Waals surface area (Å²) in [5.74, 6) is -0.140. The second-order valence-corrected chi connectivity index (χ2v) is 5.57. The van der Waals surface area contributed by atoms with Crippen molar-refractivity contribution in [2.75, 3.05) is 0 Å². The van der Waals surface area contributed by atoms with Gasteiger partial charge in [-0.3, -0.25) is 0 Å². The number of hydrogen-bond acceptors (Lipinski definition) is 0. The average molecular weight is 278 g/mol. The standard InChI is InChI=1S/C20H19F/c1-4-6-16-14(5-2)7-9-18-17(16)10-8-15-12-20(21)13(3)11-19(15)18/h5,7-12H,2,4,6H2,1,3H3. The fourth-order valence-electron chi connectivity index (χ4n) is 3.07. The van der Waals surface area contributed by atoms with Crippen molar-refractivity contribution >= 4 is 27.6 Å². The molecule has 0 bridgehead atoms. The van der Waals surface area contributed by atoms with E-state index in [0.29, 0.717) is 5.56 Å². The summed E-state index contributed by atoms with van der Waals surface area (Å²) in [6.45, 7) is 7.92. The highest BCUT2D eigenvalue weighted by Gasteiger charge is 2.09. The van der Waals surface area contributed by atoms with Crippen LogP contribution < -0.4 is 0 Å². The predicted molar refractivity (Wildman–Crippen MR) is 90.2 cm³/mol. The highest BCUT2D eigenvalue weighted by atomic mass is 19.1. The monoisotopic (exact) mass is 278 g/mol. The maximum absolute atomic E-state index is 13.8. The van der Waals surface area contributed by atoms with Gasteiger partial charge in [0, 0.05) is 0 Å². The zero-order chi connectivity index (χ0) is 15.0. The molecule has 21 heavy (non-hydrogen) atoms. The minimum Gasteiger partial charge on any atom is -0.207 e. The smallest absolute Gasteiger partial charge is 0.126 e. The van der Waals surface area contributed by atoms with Gasteiger partial charge in [-0.1, -0.05) is 50.3 Å². The van der Waals surface area contributed by atoms with Crippen molar-refractivity contribution in [2.45, 2.75) is 26.7 Å². The van der Waals surface area contributed by atoms with Crippen LogP contribution in [0.2, 0.25) is 0 Å². The van der Waals surface area contributed by atoms with Crippen molar-refractivity contribution < 1.29 is 4.39 Å². The van der Waals surface area contributed by atoms with E-state index >= 15 is 0 Å². The molecule has 0 N–H and O–H groups in total. The summed E-state index contributed by atoms with van der Waals surface area (Å²) >= 11 is 0. The van der Waals surface area contributed by atoms with Gasteiger partial charge >= 0.3 is 0 Å². The first-order valence-corrected chi connectivity index (χ1v) is 7.42. The Kier molecular flexibility index (Phi) is 3.50. The van der Waals surface area contributed by atoms with Crippen molar-refractivity contribution in [1.82, 2.24) is 0 Å². The molecule has 1 heteroatoms. The van der Waals surface area contributed by atoms with E-state index < -0.39 is 0 Å². The van der Waals surface area contributed by atoms with Crippen molar-refractivity contribution in [3.05, 3.63) is 65.5 Å². The van der Waals surface area contributed by atoms with E-state index in [1.54, 1.807) is 6.07 Å². The summed E-state index contributed by atoms with van der Waals surface area (Å²) in [5, 5.41) is 4.54. The zero-order valence-electron chi connectivity index (χ0n) is 12.5. The first kappa shape index (κ1) is 13.8. The molecule has 3 rings (SSSR count). The lowest BCUT2D eigenvalue weighted by Gasteiger charge is -2.12. The Morgan fingerprint density at radius 3 is 2.52 bits per heavy atom. The molecule has 0 heterocycles. The summed E-state index contributed by atoms with van der Waals surface area (Å²) in [4.78, 5) is 0. The van der Waals surface area contributed by atoms with E-state index in [2.05, 4.69) is 31.7 Å². The Hall–Kier alpha value is -2.15. The Morgan fingerprint density at radius 2 is 1.81 bits per heavy atom. The van der Waals surface area contributed by atoms with Gasteiger partial charge in [-0.05, 0) is 63.7 Å². The van der Waals surface area contributed by atoms with Gasteiger partial charge in [0.25, 0.3) is 0 Å². The predicted octanol–water partition coefficient (Wildman–Crippen LogP) is 6.04. The Bertz CT molecular complexity index is 843. The van der Waals surface area contributed by atoms with Gasteiger partial charge in [-0.25, -0.2) is 4.39 Å². The number of rotatable bonds is 3. The molecule has 0 unspecified atom stereocenters. The van der Waals surface area contributed by atoms with Gasteiger partial charge in [0.2, 0.25) is 0 Å². The quantitative estimate of drug-likeness (QED) is 0.513. The molecule has 0 aromatic heterocycles. The molecule has 0 aliphatic carbocycles. The molecule has 0 fully saturated rings. The van der Waals surface area contributed by atoms with E-state index in [1.807, 2.05) is 25.1 Å². The lowest BCUT2D eigenvalue weighted by atomic mass is 9.92. The normalized spacial score (nSPS) is 11.2. The fraction of sp³-hybridized carbons (Fsp3) is 0.200. The van der Waals surface area contributed by atoms with Crippen LogP contribution in [0.4, 0.5) is 4.39 Å². The number of hydrogen-bond donors (Lipinski definition) is 0. The molecule has 0 amide bonds. The average Bonchev–Trinajstić information content (AvgIpc) is 2.49. The van der Waals surface area contributed by atoms with Gasteiger partial charge < -0.3 is 0 Å². The summed E-state index contributed by atoms with van der Waals surface area (Å²) in [6, 6.07) is 12.0. The maximum Gasteiger partial charge on any atom is 0.126 e. The first-order valence-electron chi connectivity index (χ1n) is 7.42. The molecule has 0 aliphatic heterocycles. The van der Waals surface area contributed by atoms with E-state index in [0.717, 1.165) is 23.6 Å². The third kappa shape index (κ3) is 2.23. The topological polar surface area (TPSA) is 0 Å². The number of halogens is 1. The number of benzene rings is 3. The molecule has 0 radical (unpaired) electrons. The largest absolute Gasteiger partial charge is 0.207 e. The summed E-state index contributed by atoms with van der Waals surface area (Å²) in [6.07, 6.45) is 4.05. The van der Waals surface area contributed by atoms with Crippen LogP contribution in [0.3, 0.4) is 0 Å². The summed E-state index contributed by atoms with van der Waals surface area (Å²) in [5.41, 5.74) is 3.23. The second kappa shape index (κ2) is 5.33. The molecule has 106 valence electrons. The minimum absolute atomic E-state index is 0.140. The Balaban J connectivity index is 2.43. The molecule has 0 nitrogen and oxygen atoms in total. The summed E-state index contributed by atoms with van der Waals surface area (Å²) in [7, 11) is 0. The zero-order valence-corrected chi connectivity index (χ0v) is 12.5. The van der Waals surface area contributed by atoms with Crippen molar-refractivity contribution in [3.8, 4) is 0 Å². The molecular formula is C20H19F. The molecular weight excluding hydrogens is 259 g/mol. The summed E-state index contributed by atoms with van der Waals surface area (Å²) < 4.78 is 13.8. The number of aryl methyl sites for hydroxylation is 2. The highest BCUT2D eigenvalue weighted by Crippen LogP contribution is 2.32. The van der Waals surface area contributed by atoms with Crippen LogP contribution in [0.15, 0.2) is 43.0 Å².